The van der Waals surface area contributed by atoms with Gasteiger partial charge in [0.1, 0.15) is 6.33 Å². The summed E-state index contributed by atoms with van der Waals surface area (Å²) in [7, 11) is 0. The highest BCUT2D eigenvalue weighted by atomic mass is 16.6. The molecular formula is C15H24N6O3. The van der Waals surface area contributed by atoms with Crippen molar-refractivity contribution < 1.29 is 10.0 Å². The maximum absolute atomic E-state index is 11.7. The third-order valence-electron chi connectivity index (χ3n) is 4.71. The van der Waals surface area contributed by atoms with Gasteiger partial charge in [0.25, 0.3) is 0 Å². The van der Waals surface area contributed by atoms with Crippen LogP contribution in [0.5, 0.6) is 0 Å². The molecule has 3 rings (SSSR count). The first-order chi connectivity index (χ1) is 11.7. The molecule has 0 aliphatic carbocycles. The second-order valence-electron chi connectivity index (χ2n) is 6.23. The van der Waals surface area contributed by atoms with Gasteiger partial charge >= 0.3 is 5.69 Å². The lowest BCUT2D eigenvalue weighted by molar-refractivity contribution is -0.383. The molecule has 1 aromatic rings. The smallest absolute Gasteiger partial charge is 0.353 e. The van der Waals surface area contributed by atoms with Crippen molar-refractivity contribution in [3.05, 3.63) is 16.4 Å². The van der Waals surface area contributed by atoms with E-state index in [0.717, 1.165) is 45.4 Å². The van der Waals surface area contributed by atoms with Crippen molar-refractivity contribution in [2.75, 3.05) is 62.2 Å². The van der Waals surface area contributed by atoms with E-state index >= 15 is 0 Å². The molecule has 0 radical (unpaired) electrons. The first kappa shape index (κ1) is 16.8. The number of nitrogens with zero attached hydrogens (tertiary/aromatic N) is 6. The SMILES string of the molecule is O=[N+]([O-])c1c(N2CCCCC2)ncnc1N1CCN(CCO)CC1. The molecule has 0 aromatic carbocycles. The molecule has 2 fully saturated rings. The van der Waals surface area contributed by atoms with Crippen LogP contribution in [0, 0.1) is 10.1 Å². The minimum Gasteiger partial charge on any atom is -0.395 e. The number of hydrogen-bond donors (Lipinski definition) is 1. The lowest BCUT2D eigenvalue weighted by Gasteiger charge is -2.35. The molecule has 9 nitrogen and oxygen atoms in total. The van der Waals surface area contributed by atoms with Crippen LogP contribution in [0.15, 0.2) is 6.33 Å². The molecule has 0 bridgehead atoms. The van der Waals surface area contributed by atoms with Crippen molar-refractivity contribution in [1.82, 2.24) is 14.9 Å². The molecule has 0 atom stereocenters. The summed E-state index contributed by atoms with van der Waals surface area (Å²) in [4.78, 5) is 25.9. The number of hydrogen-bond acceptors (Lipinski definition) is 8. The van der Waals surface area contributed by atoms with E-state index < -0.39 is 0 Å². The van der Waals surface area contributed by atoms with Gasteiger partial charge in [-0.2, -0.15) is 0 Å². The van der Waals surface area contributed by atoms with E-state index in [-0.39, 0.29) is 17.2 Å². The van der Waals surface area contributed by atoms with Crippen LogP contribution in [0.1, 0.15) is 19.3 Å². The standard InChI is InChI=1S/C15H24N6O3/c22-11-10-18-6-8-20(9-7-18)15-13(21(23)24)14(16-12-17-15)19-4-2-1-3-5-19/h12,22H,1-11H2. The number of piperidine rings is 1. The minimum atomic E-state index is -0.348. The largest absolute Gasteiger partial charge is 0.395 e. The minimum absolute atomic E-state index is 0.0232. The summed E-state index contributed by atoms with van der Waals surface area (Å²) in [5.74, 6) is 0.863. The van der Waals surface area contributed by atoms with Crippen LogP contribution in [0.2, 0.25) is 0 Å². The molecule has 0 saturated carbocycles. The van der Waals surface area contributed by atoms with Crippen LogP contribution < -0.4 is 9.80 Å². The molecule has 132 valence electrons. The Hall–Kier alpha value is -2.00. The van der Waals surface area contributed by atoms with Crippen LogP contribution in [0.25, 0.3) is 0 Å². The summed E-state index contributed by atoms with van der Waals surface area (Å²) in [6, 6.07) is 0. The molecule has 3 heterocycles. The van der Waals surface area contributed by atoms with E-state index in [2.05, 4.69) is 14.9 Å². The monoisotopic (exact) mass is 336 g/mol. The van der Waals surface area contributed by atoms with E-state index in [1.54, 1.807) is 0 Å². The van der Waals surface area contributed by atoms with E-state index in [9.17, 15) is 10.1 Å². The molecule has 2 saturated heterocycles. The Bertz CT molecular complexity index is 570. The van der Waals surface area contributed by atoms with Gasteiger partial charge in [-0.1, -0.05) is 0 Å². The second kappa shape index (κ2) is 7.71. The summed E-state index contributed by atoms with van der Waals surface area (Å²) in [6.07, 6.45) is 4.67. The van der Waals surface area contributed by atoms with Gasteiger partial charge in [-0.3, -0.25) is 15.0 Å². The third-order valence-corrected chi connectivity index (χ3v) is 4.71. The molecule has 1 aromatic heterocycles. The lowest BCUT2D eigenvalue weighted by atomic mass is 10.1. The topological polar surface area (TPSA) is 98.9 Å². The summed E-state index contributed by atoms with van der Waals surface area (Å²) in [6.45, 7) is 5.24. The average Bonchev–Trinajstić information content (AvgIpc) is 2.62. The molecule has 1 N–H and O–H groups in total. The van der Waals surface area contributed by atoms with Gasteiger partial charge in [0, 0.05) is 45.8 Å². The number of aromatic nitrogens is 2. The normalized spacial score (nSPS) is 19.5. The summed E-state index contributed by atoms with van der Waals surface area (Å²) in [5, 5.41) is 20.8. The number of β-amino-alcohol motifs (C(OH)–C–C–N with tert-alkyl or cyclic N) is 1. The second-order valence-corrected chi connectivity index (χ2v) is 6.23. The van der Waals surface area contributed by atoms with Crippen molar-refractivity contribution in [1.29, 1.82) is 0 Å². The van der Waals surface area contributed by atoms with E-state index in [0.29, 0.717) is 31.3 Å². The molecule has 9 heteroatoms. The van der Waals surface area contributed by atoms with Gasteiger partial charge in [0.2, 0.25) is 11.6 Å². The number of aliphatic hydroxyl groups is 1. The first-order valence-electron chi connectivity index (χ1n) is 8.53. The Morgan fingerprint density at radius 1 is 1.00 bits per heavy atom. The van der Waals surface area contributed by atoms with Crippen molar-refractivity contribution in [3.63, 3.8) is 0 Å². The number of piperazine rings is 1. The lowest BCUT2D eigenvalue weighted by Crippen LogP contribution is -2.47. The number of aliphatic hydroxyl groups excluding tert-OH is 1. The van der Waals surface area contributed by atoms with Gasteiger partial charge < -0.3 is 14.9 Å². The van der Waals surface area contributed by atoms with Crippen molar-refractivity contribution >= 4 is 17.3 Å². The van der Waals surface area contributed by atoms with Crippen LogP contribution in [0.4, 0.5) is 17.3 Å². The number of rotatable bonds is 5. The number of anilines is 2. The molecule has 2 aliphatic heterocycles. The Morgan fingerprint density at radius 2 is 1.58 bits per heavy atom. The number of nitro groups is 1. The molecule has 0 amide bonds. The molecule has 2 aliphatic rings. The molecule has 0 unspecified atom stereocenters. The van der Waals surface area contributed by atoms with E-state index in [1.807, 2.05) is 9.80 Å². The summed E-state index contributed by atoms with van der Waals surface area (Å²) < 4.78 is 0. The van der Waals surface area contributed by atoms with Gasteiger partial charge in [0.15, 0.2) is 0 Å². The summed E-state index contributed by atoms with van der Waals surface area (Å²) in [5.41, 5.74) is 0.0232. The predicted octanol–water partition coefficient (Wildman–Crippen LogP) is 0.489. The maximum atomic E-state index is 11.7. The quantitative estimate of drug-likeness (QED) is 0.613. The van der Waals surface area contributed by atoms with Gasteiger partial charge in [-0.05, 0) is 19.3 Å². The zero-order valence-electron chi connectivity index (χ0n) is 13.8. The fourth-order valence-corrected chi connectivity index (χ4v) is 3.42. The zero-order valence-corrected chi connectivity index (χ0v) is 13.8. The van der Waals surface area contributed by atoms with Crippen molar-refractivity contribution in [2.45, 2.75) is 19.3 Å². The molecule has 0 spiro atoms. The average molecular weight is 336 g/mol. The van der Waals surface area contributed by atoms with Crippen molar-refractivity contribution in [3.8, 4) is 0 Å². The fraction of sp³-hybridized carbons (Fsp3) is 0.733. The first-order valence-corrected chi connectivity index (χ1v) is 8.53. The zero-order chi connectivity index (χ0) is 16.9. The van der Waals surface area contributed by atoms with E-state index in [1.165, 1.54) is 6.33 Å². The Balaban J connectivity index is 1.84. The third kappa shape index (κ3) is 3.57. The van der Waals surface area contributed by atoms with Gasteiger partial charge in [-0.15, -0.1) is 0 Å². The molecule has 24 heavy (non-hydrogen) atoms. The highest BCUT2D eigenvalue weighted by molar-refractivity contribution is 5.71. The van der Waals surface area contributed by atoms with Crippen LogP contribution in [-0.4, -0.2) is 77.3 Å². The Morgan fingerprint density at radius 3 is 2.12 bits per heavy atom. The predicted molar refractivity (Wildman–Crippen MR) is 90.5 cm³/mol. The Kier molecular flexibility index (Phi) is 5.41. The summed E-state index contributed by atoms with van der Waals surface area (Å²) >= 11 is 0. The maximum Gasteiger partial charge on any atom is 0.353 e. The van der Waals surface area contributed by atoms with Crippen molar-refractivity contribution in [2.24, 2.45) is 0 Å². The van der Waals surface area contributed by atoms with Crippen LogP contribution >= 0.6 is 0 Å². The van der Waals surface area contributed by atoms with Gasteiger partial charge in [-0.25, -0.2) is 9.97 Å². The van der Waals surface area contributed by atoms with Crippen LogP contribution in [0.3, 0.4) is 0 Å². The molecular weight excluding hydrogens is 312 g/mol. The van der Waals surface area contributed by atoms with Crippen LogP contribution in [-0.2, 0) is 0 Å². The highest BCUT2D eigenvalue weighted by Crippen LogP contribution is 2.35. The highest BCUT2D eigenvalue weighted by Gasteiger charge is 2.31. The Labute approximate surface area is 141 Å². The van der Waals surface area contributed by atoms with Gasteiger partial charge in [0.05, 0.1) is 11.5 Å². The fourth-order valence-electron chi connectivity index (χ4n) is 3.42. The van der Waals surface area contributed by atoms with E-state index in [4.69, 9.17) is 5.11 Å².